The van der Waals surface area contributed by atoms with Gasteiger partial charge in [-0.2, -0.15) is 0 Å². The van der Waals surface area contributed by atoms with Crippen molar-refractivity contribution in [1.82, 2.24) is 9.62 Å². The second-order valence-electron chi connectivity index (χ2n) is 4.54. The Morgan fingerprint density at radius 3 is 2.33 bits per heavy atom. The third-order valence-electron chi connectivity index (χ3n) is 2.77. The number of sulfonamides is 1. The van der Waals surface area contributed by atoms with Crippen molar-refractivity contribution < 1.29 is 23.4 Å². The van der Waals surface area contributed by atoms with Gasteiger partial charge in [-0.15, -0.1) is 0 Å². The van der Waals surface area contributed by atoms with Gasteiger partial charge in [0.05, 0.1) is 24.0 Å². The summed E-state index contributed by atoms with van der Waals surface area (Å²) in [7, 11) is -3.46. The topological polar surface area (TPSA) is 107 Å². The van der Waals surface area contributed by atoms with Crippen molar-refractivity contribution in [1.29, 1.82) is 0 Å². The van der Waals surface area contributed by atoms with Crippen LogP contribution in [0.5, 0.6) is 0 Å². The molecule has 18 heavy (non-hydrogen) atoms. The zero-order valence-electron chi connectivity index (χ0n) is 10.5. The average Bonchev–Trinajstić information content (AvgIpc) is 2.57. The van der Waals surface area contributed by atoms with Crippen molar-refractivity contribution in [2.75, 3.05) is 18.8 Å². The standard InChI is InChI=1S/C10H20N2O5S/c1-3-4-18(16,17)11-7(2)10(15)12-5-8(13)9(14)6-12/h7-9,11,13-14H,3-6H2,1-2H3/t7?,8-,9+. The lowest BCUT2D eigenvalue weighted by Gasteiger charge is -2.21. The number of carbonyl (C=O) groups is 1. The Morgan fingerprint density at radius 1 is 1.39 bits per heavy atom. The molecule has 7 nitrogen and oxygen atoms in total. The third-order valence-corrected chi connectivity index (χ3v) is 4.43. The predicted octanol–water partition coefficient (Wildman–Crippen LogP) is -1.73. The second kappa shape index (κ2) is 5.96. The summed E-state index contributed by atoms with van der Waals surface area (Å²) >= 11 is 0. The number of nitrogens with one attached hydrogen (secondary N) is 1. The zero-order valence-corrected chi connectivity index (χ0v) is 11.4. The van der Waals surface area contributed by atoms with Crippen LogP contribution in [-0.4, -0.2) is 66.5 Å². The normalized spacial score (nSPS) is 26.3. The van der Waals surface area contributed by atoms with Gasteiger partial charge >= 0.3 is 0 Å². The van der Waals surface area contributed by atoms with Gasteiger partial charge in [-0.05, 0) is 13.3 Å². The number of rotatable bonds is 5. The number of carbonyl (C=O) groups excluding carboxylic acids is 1. The van der Waals surface area contributed by atoms with Crippen LogP contribution in [0.15, 0.2) is 0 Å². The molecule has 1 unspecified atom stereocenters. The molecule has 3 N–H and O–H groups in total. The summed E-state index contributed by atoms with van der Waals surface area (Å²) in [6, 6.07) is -0.890. The Bertz CT molecular complexity index is 387. The number of amides is 1. The van der Waals surface area contributed by atoms with Crippen molar-refractivity contribution in [2.45, 2.75) is 38.5 Å². The Kier molecular flexibility index (Phi) is 5.09. The molecule has 0 saturated carbocycles. The Hall–Kier alpha value is -0.700. The van der Waals surface area contributed by atoms with E-state index in [1.807, 2.05) is 0 Å². The molecular weight excluding hydrogens is 260 g/mol. The first-order chi connectivity index (χ1) is 8.26. The number of hydrogen-bond acceptors (Lipinski definition) is 5. The van der Waals surface area contributed by atoms with Gasteiger partial charge in [-0.25, -0.2) is 13.1 Å². The second-order valence-corrected chi connectivity index (χ2v) is 6.41. The summed E-state index contributed by atoms with van der Waals surface area (Å²) in [6.45, 7) is 3.24. The van der Waals surface area contributed by atoms with Crippen LogP contribution in [0.1, 0.15) is 20.3 Å². The highest BCUT2D eigenvalue weighted by molar-refractivity contribution is 7.89. The van der Waals surface area contributed by atoms with Gasteiger partial charge < -0.3 is 15.1 Å². The first-order valence-electron chi connectivity index (χ1n) is 5.91. The molecule has 0 bridgehead atoms. The summed E-state index contributed by atoms with van der Waals surface area (Å²) < 4.78 is 25.3. The fraction of sp³-hybridized carbons (Fsp3) is 0.900. The van der Waals surface area contributed by atoms with E-state index in [-0.39, 0.29) is 18.8 Å². The van der Waals surface area contributed by atoms with Crippen molar-refractivity contribution in [2.24, 2.45) is 0 Å². The molecule has 0 aromatic heterocycles. The van der Waals surface area contributed by atoms with Crippen LogP contribution in [-0.2, 0) is 14.8 Å². The highest BCUT2D eigenvalue weighted by atomic mass is 32.2. The molecule has 1 fully saturated rings. The summed E-state index contributed by atoms with van der Waals surface area (Å²) in [5.41, 5.74) is 0. The number of aliphatic hydroxyl groups excluding tert-OH is 2. The lowest BCUT2D eigenvalue weighted by molar-refractivity contribution is -0.132. The number of β-amino-alcohol motifs (C(OH)–C–C–N with tert-alkyl or cyclic N) is 2. The minimum atomic E-state index is -3.46. The van der Waals surface area contributed by atoms with Crippen LogP contribution < -0.4 is 4.72 Å². The molecule has 0 aromatic rings. The summed E-state index contributed by atoms with van der Waals surface area (Å²) in [6.07, 6.45) is -1.46. The molecule has 0 spiro atoms. The van der Waals surface area contributed by atoms with E-state index in [9.17, 15) is 23.4 Å². The zero-order chi connectivity index (χ0) is 13.9. The fourth-order valence-electron chi connectivity index (χ4n) is 1.87. The Labute approximate surface area is 107 Å². The molecule has 1 saturated heterocycles. The van der Waals surface area contributed by atoms with E-state index in [0.717, 1.165) is 0 Å². The summed E-state index contributed by atoms with van der Waals surface area (Å²) in [5, 5.41) is 18.7. The maximum absolute atomic E-state index is 11.9. The molecule has 3 atom stereocenters. The summed E-state index contributed by atoms with van der Waals surface area (Å²) in [5.74, 6) is -0.471. The van der Waals surface area contributed by atoms with Crippen molar-refractivity contribution in [3.05, 3.63) is 0 Å². The van der Waals surface area contributed by atoms with Crippen LogP contribution in [0.4, 0.5) is 0 Å². The molecule has 1 aliphatic rings. The summed E-state index contributed by atoms with van der Waals surface area (Å²) in [4.78, 5) is 13.2. The van der Waals surface area contributed by atoms with E-state index in [4.69, 9.17) is 0 Å². The van der Waals surface area contributed by atoms with Crippen LogP contribution in [0.25, 0.3) is 0 Å². The first kappa shape index (κ1) is 15.4. The van der Waals surface area contributed by atoms with Gasteiger partial charge in [0.2, 0.25) is 15.9 Å². The minimum Gasteiger partial charge on any atom is -0.388 e. The van der Waals surface area contributed by atoms with Crippen LogP contribution in [0.3, 0.4) is 0 Å². The largest absolute Gasteiger partial charge is 0.388 e. The molecule has 106 valence electrons. The van der Waals surface area contributed by atoms with E-state index in [1.54, 1.807) is 6.92 Å². The molecule has 1 amide bonds. The molecule has 0 radical (unpaired) electrons. The lowest BCUT2D eigenvalue weighted by atomic mass is 10.3. The smallest absolute Gasteiger partial charge is 0.240 e. The van der Waals surface area contributed by atoms with Crippen LogP contribution >= 0.6 is 0 Å². The molecule has 8 heteroatoms. The van der Waals surface area contributed by atoms with E-state index in [2.05, 4.69) is 4.72 Å². The Morgan fingerprint density at radius 2 is 1.89 bits per heavy atom. The van der Waals surface area contributed by atoms with Crippen molar-refractivity contribution in [3.8, 4) is 0 Å². The maximum atomic E-state index is 11.9. The molecule has 1 aliphatic heterocycles. The highest BCUT2D eigenvalue weighted by Crippen LogP contribution is 2.11. The number of hydrogen-bond donors (Lipinski definition) is 3. The SMILES string of the molecule is CCCS(=O)(=O)NC(C)C(=O)N1C[C@@H](O)[C@@H](O)C1. The van der Waals surface area contributed by atoms with E-state index in [1.165, 1.54) is 11.8 Å². The maximum Gasteiger partial charge on any atom is 0.240 e. The van der Waals surface area contributed by atoms with Crippen molar-refractivity contribution in [3.63, 3.8) is 0 Å². The fourth-order valence-corrected chi connectivity index (χ4v) is 3.17. The molecule has 0 aliphatic carbocycles. The lowest BCUT2D eigenvalue weighted by Crippen LogP contribution is -2.47. The number of likely N-dealkylation sites (tertiary alicyclic amines) is 1. The van der Waals surface area contributed by atoms with Crippen LogP contribution in [0.2, 0.25) is 0 Å². The van der Waals surface area contributed by atoms with E-state index >= 15 is 0 Å². The highest BCUT2D eigenvalue weighted by Gasteiger charge is 2.35. The number of aliphatic hydroxyl groups is 2. The van der Waals surface area contributed by atoms with Crippen LogP contribution in [0, 0.1) is 0 Å². The molecule has 1 rings (SSSR count). The molecule has 0 aromatic carbocycles. The monoisotopic (exact) mass is 280 g/mol. The predicted molar refractivity (Wildman–Crippen MR) is 65.3 cm³/mol. The molecular formula is C10H20N2O5S. The van der Waals surface area contributed by atoms with E-state index in [0.29, 0.717) is 6.42 Å². The van der Waals surface area contributed by atoms with Gasteiger partial charge in [0, 0.05) is 13.1 Å². The van der Waals surface area contributed by atoms with Gasteiger partial charge in [-0.3, -0.25) is 4.79 Å². The van der Waals surface area contributed by atoms with Gasteiger partial charge in [0.25, 0.3) is 0 Å². The average molecular weight is 280 g/mol. The third kappa shape index (κ3) is 3.91. The van der Waals surface area contributed by atoms with Gasteiger partial charge in [0.15, 0.2) is 0 Å². The molecule has 1 heterocycles. The minimum absolute atomic E-state index is 0.0276. The quantitative estimate of drug-likeness (QED) is 0.555. The van der Waals surface area contributed by atoms with Crippen molar-refractivity contribution >= 4 is 15.9 Å². The Balaban J connectivity index is 2.57. The van der Waals surface area contributed by atoms with Gasteiger partial charge in [0.1, 0.15) is 0 Å². The van der Waals surface area contributed by atoms with E-state index < -0.39 is 34.2 Å². The number of nitrogens with zero attached hydrogens (tertiary/aromatic N) is 1. The first-order valence-corrected chi connectivity index (χ1v) is 7.57. The van der Waals surface area contributed by atoms with Gasteiger partial charge in [-0.1, -0.05) is 6.92 Å².